The van der Waals surface area contributed by atoms with Crippen LogP contribution in [0.25, 0.3) is 10.6 Å². The fourth-order valence-corrected chi connectivity index (χ4v) is 3.79. The number of carbonyl (C=O) groups is 1. The first-order valence-corrected chi connectivity index (χ1v) is 8.94. The third kappa shape index (κ3) is 2.85. The first-order chi connectivity index (χ1) is 11.7. The van der Waals surface area contributed by atoms with Gasteiger partial charge in [-0.15, -0.1) is 11.3 Å². The van der Waals surface area contributed by atoms with Gasteiger partial charge in [-0.2, -0.15) is 0 Å². The molecule has 4 rings (SSSR count). The zero-order valence-electron chi connectivity index (χ0n) is 13.4. The highest BCUT2D eigenvalue weighted by Gasteiger charge is 2.25. The van der Waals surface area contributed by atoms with E-state index in [1.165, 1.54) is 11.3 Å². The van der Waals surface area contributed by atoms with Crippen LogP contribution in [-0.2, 0) is 0 Å². The molecule has 6 nitrogen and oxygen atoms in total. The smallest absolute Gasteiger partial charge is 0.273 e. The number of nitrogens with one attached hydrogen (secondary N) is 1. The lowest BCUT2D eigenvalue weighted by atomic mass is 10.2. The predicted molar refractivity (Wildman–Crippen MR) is 91.9 cm³/mol. The number of ether oxygens (including phenoxy) is 2. The molecule has 2 aliphatic rings. The van der Waals surface area contributed by atoms with E-state index in [4.69, 9.17) is 9.47 Å². The molecule has 0 saturated carbocycles. The molecule has 3 heterocycles. The molecule has 0 bridgehead atoms. The Morgan fingerprint density at radius 3 is 2.96 bits per heavy atom. The van der Waals surface area contributed by atoms with Crippen molar-refractivity contribution in [1.82, 2.24) is 15.2 Å². The van der Waals surface area contributed by atoms with E-state index >= 15 is 0 Å². The van der Waals surface area contributed by atoms with E-state index in [0.29, 0.717) is 18.9 Å². The highest BCUT2D eigenvalue weighted by Crippen LogP contribution is 2.35. The Labute approximate surface area is 144 Å². The number of carbonyl (C=O) groups excluding carboxylic acids is 1. The zero-order valence-corrected chi connectivity index (χ0v) is 14.3. The Morgan fingerprint density at radius 1 is 1.33 bits per heavy atom. The van der Waals surface area contributed by atoms with Gasteiger partial charge in [-0.25, -0.2) is 4.98 Å². The van der Waals surface area contributed by atoms with Gasteiger partial charge in [0.2, 0.25) is 0 Å². The second-order valence-corrected chi connectivity index (χ2v) is 6.82. The van der Waals surface area contributed by atoms with Gasteiger partial charge >= 0.3 is 0 Å². The number of aromatic nitrogens is 1. The molecule has 1 aromatic carbocycles. The van der Waals surface area contributed by atoms with Crippen LogP contribution in [0, 0.1) is 0 Å². The third-order valence-electron chi connectivity index (χ3n) is 4.41. The summed E-state index contributed by atoms with van der Waals surface area (Å²) >= 11 is 1.47. The van der Waals surface area contributed by atoms with Gasteiger partial charge in [-0.1, -0.05) is 0 Å². The largest absolute Gasteiger partial charge is 0.486 e. The minimum atomic E-state index is -0.0243. The minimum absolute atomic E-state index is 0.0243. The lowest BCUT2D eigenvalue weighted by Crippen LogP contribution is -2.38. The summed E-state index contributed by atoms with van der Waals surface area (Å²) in [5, 5.41) is 5.92. The molecule has 2 aromatic rings. The fourth-order valence-electron chi connectivity index (χ4n) is 3.00. The molecule has 1 aromatic heterocycles. The van der Waals surface area contributed by atoms with Gasteiger partial charge in [-0.3, -0.25) is 4.79 Å². The van der Waals surface area contributed by atoms with Crippen molar-refractivity contribution in [2.75, 3.05) is 33.4 Å². The van der Waals surface area contributed by atoms with Crippen molar-refractivity contribution in [3.63, 3.8) is 0 Å². The van der Waals surface area contributed by atoms with Crippen molar-refractivity contribution in [2.24, 2.45) is 0 Å². The highest BCUT2D eigenvalue weighted by molar-refractivity contribution is 7.13. The molecule has 1 amide bonds. The molecule has 1 saturated heterocycles. The maximum Gasteiger partial charge on any atom is 0.273 e. The topological polar surface area (TPSA) is 63.7 Å². The van der Waals surface area contributed by atoms with Crippen molar-refractivity contribution in [3.8, 4) is 22.1 Å². The summed E-state index contributed by atoms with van der Waals surface area (Å²) in [6.45, 7) is 2.94. The van der Waals surface area contributed by atoms with E-state index in [1.54, 1.807) is 4.90 Å². The Hall–Kier alpha value is -2.12. The highest BCUT2D eigenvalue weighted by atomic mass is 32.1. The summed E-state index contributed by atoms with van der Waals surface area (Å²) in [5.41, 5.74) is 1.44. The van der Waals surface area contributed by atoms with Gasteiger partial charge in [0.1, 0.15) is 23.9 Å². The van der Waals surface area contributed by atoms with Crippen molar-refractivity contribution in [1.29, 1.82) is 0 Å². The van der Waals surface area contributed by atoms with E-state index in [-0.39, 0.29) is 11.9 Å². The number of fused-ring (bicyclic) bond motifs is 1. The second kappa shape index (κ2) is 6.41. The molecule has 0 aliphatic carbocycles. The second-order valence-electron chi connectivity index (χ2n) is 5.96. The van der Waals surface area contributed by atoms with Gasteiger partial charge in [0, 0.05) is 30.6 Å². The lowest BCUT2D eigenvalue weighted by molar-refractivity contribution is 0.0739. The molecule has 1 atom stereocenters. The molecule has 0 radical (unpaired) electrons. The van der Waals surface area contributed by atoms with Crippen LogP contribution in [-0.4, -0.2) is 55.2 Å². The molecule has 1 fully saturated rings. The number of likely N-dealkylation sites (N-methyl/N-ethyl adjacent to an activating group) is 1. The summed E-state index contributed by atoms with van der Waals surface area (Å²) in [4.78, 5) is 18.9. The Kier molecular flexibility index (Phi) is 4.12. The molecular formula is C17H19N3O3S. The molecule has 7 heteroatoms. The number of benzene rings is 1. The Morgan fingerprint density at radius 2 is 2.17 bits per heavy atom. The SMILES string of the molecule is CN(C(=O)c1csc(-c2ccc3c(c2)OCCO3)n1)C1CCNC1. The van der Waals surface area contributed by atoms with Crippen molar-refractivity contribution in [2.45, 2.75) is 12.5 Å². The van der Waals surface area contributed by atoms with Crippen LogP contribution in [0.4, 0.5) is 0 Å². The van der Waals surface area contributed by atoms with Crippen LogP contribution in [0.3, 0.4) is 0 Å². The third-order valence-corrected chi connectivity index (χ3v) is 5.31. The van der Waals surface area contributed by atoms with E-state index in [1.807, 2.05) is 30.6 Å². The number of thiazole rings is 1. The van der Waals surface area contributed by atoms with E-state index in [9.17, 15) is 4.79 Å². The van der Waals surface area contributed by atoms with E-state index in [2.05, 4.69) is 10.3 Å². The van der Waals surface area contributed by atoms with Gasteiger partial charge in [0.15, 0.2) is 11.5 Å². The average Bonchev–Trinajstić information content (AvgIpc) is 3.31. The first kappa shape index (κ1) is 15.4. The number of nitrogens with zero attached hydrogens (tertiary/aromatic N) is 2. The minimum Gasteiger partial charge on any atom is -0.486 e. The predicted octanol–water partition coefficient (Wildman–Crippen LogP) is 2.02. The van der Waals surface area contributed by atoms with Gasteiger partial charge in [-0.05, 0) is 31.2 Å². The first-order valence-electron chi connectivity index (χ1n) is 8.06. The van der Waals surface area contributed by atoms with Gasteiger partial charge in [0.05, 0.1) is 0 Å². The number of rotatable bonds is 3. The molecule has 1 unspecified atom stereocenters. The Balaban J connectivity index is 1.55. The van der Waals surface area contributed by atoms with Crippen LogP contribution in [0.2, 0.25) is 0 Å². The molecule has 126 valence electrons. The van der Waals surface area contributed by atoms with Crippen molar-refractivity contribution >= 4 is 17.2 Å². The average molecular weight is 345 g/mol. The molecule has 1 N–H and O–H groups in total. The molecular weight excluding hydrogens is 326 g/mol. The summed E-state index contributed by atoms with van der Waals surface area (Å²) < 4.78 is 11.2. The van der Waals surface area contributed by atoms with Crippen LogP contribution in [0.15, 0.2) is 23.6 Å². The van der Waals surface area contributed by atoms with Gasteiger partial charge in [0.25, 0.3) is 5.91 Å². The maximum atomic E-state index is 12.6. The monoisotopic (exact) mass is 345 g/mol. The van der Waals surface area contributed by atoms with E-state index < -0.39 is 0 Å². The van der Waals surface area contributed by atoms with Gasteiger partial charge < -0.3 is 19.7 Å². The summed E-state index contributed by atoms with van der Waals surface area (Å²) in [6, 6.07) is 6.01. The quantitative estimate of drug-likeness (QED) is 0.922. The van der Waals surface area contributed by atoms with Crippen LogP contribution in [0.5, 0.6) is 11.5 Å². The number of amides is 1. The maximum absolute atomic E-state index is 12.6. The van der Waals surface area contributed by atoms with Crippen LogP contribution < -0.4 is 14.8 Å². The Bertz CT molecular complexity index is 755. The zero-order chi connectivity index (χ0) is 16.5. The summed E-state index contributed by atoms with van der Waals surface area (Å²) in [7, 11) is 1.85. The summed E-state index contributed by atoms with van der Waals surface area (Å²) in [5.74, 6) is 1.46. The summed E-state index contributed by atoms with van der Waals surface area (Å²) in [6.07, 6.45) is 0.987. The fraction of sp³-hybridized carbons (Fsp3) is 0.412. The lowest BCUT2D eigenvalue weighted by Gasteiger charge is -2.22. The normalized spacial score (nSPS) is 19.3. The molecule has 2 aliphatic heterocycles. The molecule has 0 spiro atoms. The van der Waals surface area contributed by atoms with E-state index in [0.717, 1.165) is 41.6 Å². The molecule has 24 heavy (non-hydrogen) atoms. The van der Waals surface area contributed by atoms with Crippen LogP contribution >= 0.6 is 11.3 Å². The van der Waals surface area contributed by atoms with Crippen LogP contribution in [0.1, 0.15) is 16.9 Å². The standard InChI is InChI=1S/C17H19N3O3S/c1-20(12-4-5-18-9-12)17(21)13-10-24-16(19-13)11-2-3-14-15(8-11)23-7-6-22-14/h2-3,8,10,12,18H,4-7,9H2,1H3. The van der Waals surface area contributed by atoms with Crippen molar-refractivity contribution < 1.29 is 14.3 Å². The number of hydrogen-bond donors (Lipinski definition) is 1. The number of hydrogen-bond acceptors (Lipinski definition) is 6. The van der Waals surface area contributed by atoms with Crippen molar-refractivity contribution in [3.05, 3.63) is 29.3 Å².